The highest BCUT2D eigenvalue weighted by Gasteiger charge is 2.20. The summed E-state index contributed by atoms with van der Waals surface area (Å²) in [5.74, 6) is -0.497. The lowest BCUT2D eigenvalue weighted by molar-refractivity contribution is 0.0518. The van der Waals surface area contributed by atoms with Gasteiger partial charge in [0.05, 0.1) is 18.8 Å². The Kier molecular flexibility index (Phi) is 4.00. The van der Waals surface area contributed by atoms with E-state index < -0.39 is 5.97 Å². The fourth-order valence-electron chi connectivity index (χ4n) is 1.48. The maximum atomic E-state index is 11.6. The molecule has 0 saturated heterocycles. The van der Waals surface area contributed by atoms with Crippen molar-refractivity contribution in [3.05, 3.63) is 28.0 Å². The zero-order valence-electron chi connectivity index (χ0n) is 9.87. The summed E-state index contributed by atoms with van der Waals surface area (Å²) in [6, 6.07) is 0. The second-order valence-corrected chi connectivity index (χ2v) is 4.37. The van der Waals surface area contributed by atoms with Crippen molar-refractivity contribution in [1.29, 1.82) is 0 Å². The Morgan fingerprint density at radius 3 is 3.06 bits per heavy atom. The van der Waals surface area contributed by atoms with Gasteiger partial charge in [-0.15, -0.1) is 16.4 Å². The summed E-state index contributed by atoms with van der Waals surface area (Å²) in [4.78, 5) is 15.8. The first-order valence-corrected chi connectivity index (χ1v) is 6.32. The molecule has 0 amide bonds. The molecule has 0 atom stereocenters. The number of esters is 1. The molecule has 8 heteroatoms. The van der Waals surface area contributed by atoms with Crippen LogP contribution in [0.1, 0.15) is 28.1 Å². The van der Waals surface area contributed by atoms with E-state index in [1.54, 1.807) is 17.8 Å². The number of carbonyl (C=O) groups is 1. The van der Waals surface area contributed by atoms with Gasteiger partial charge in [-0.25, -0.2) is 14.5 Å². The SMILES string of the molecule is CCOC(=O)c1nnn(Cc2nccs2)c1CN. The molecule has 0 aliphatic heterocycles. The van der Waals surface area contributed by atoms with Crippen LogP contribution in [0.2, 0.25) is 0 Å². The van der Waals surface area contributed by atoms with E-state index in [2.05, 4.69) is 15.3 Å². The second kappa shape index (κ2) is 5.69. The number of thiazole rings is 1. The van der Waals surface area contributed by atoms with Crippen LogP contribution in [0.15, 0.2) is 11.6 Å². The first kappa shape index (κ1) is 12.7. The molecule has 0 radical (unpaired) electrons. The average molecular weight is 267 g/mol. The van der Waals surface area contributed by atoms with Crippen LogP contribution in [0, 0.1) is 0 Å². The summed E-state index contributed by atoms with van der Waals surface area (Å²) >= 11 is 1.51. The smallest absolute Gasteiger partial charge is 0.360 e. The van der Waals surface area contributed by atoms with E-state index in [1.807, 2.05) is 5.38 Å². The Morgan fingerprint density at radius 2 is 2.44 bits per heavy atom. The van der Waals surface area contributed by atoms with Crippen molar-refractivity contribution in [3.63, 3.8) is 0 Å². The van der Waals surface area contributed by atoms with Gasteiger partial charge in [0.2, 0.25) is 0 Å². The number of nitrogens with two attached hydrogens (primary N) is 1. The van der Waals surface area contributed by atoms with Crippen LogP contribution in [-0.4, -0.2) is 32.6 Å². The van der Waals surface area contributed by atoms with Gasteiger partial charge in [0, 0.05) is 18.1 Å². The highest BCUT2D eigenvalue weighted by Crippen LogP contribution is 2.11. The molecule has 2 aromatic rings. The Morgan fingerprint density at radius 1 is 1.61 bits per heavy atom. The van der Waals surface area contributed by atoms with E-state index in [9.17, 15) is 4.79 Å². The van der Waals surface area contributed by atoms with Crippen LogP contribution in [0.25, 0.3) is 0 Å². The molecule has 2 aromatic heterocycles. The number of ether oxygens (including phenoxy) is 1. The average Bonchev–Trinajstić information content (AvgIpc) is 2.99. The van der Waals surface area contributed by atoms with Gasteiger partial charge in [-0.2, -0.15) is 0 Å². The molecular formula is C10H13N5O2S. The van der Waals surface area contributed by atoms with Crippen molar-refractivity contribution in [3.8, 4) is 0 Å². The Labute approximate surface area is 108 Å². The summed E-state index contributed by atoms with van der Waals surface area (Å²) < 4.78 is 6.47. The van der Waals surface area contributed by atoms with Crippen molar-refractivity contribution >= 4 is 17.3 Å². The van der Waals surface area contributed by atoms with E-state index in [0.29, 0.717) is 18.8 Å². The maximum absolute atomic E-state index is 11.6. The normalized spacial score (nSPS) is 10.6. The molecule has 0 fully saturated rings. The second-order valence-electron chi connectivity index (χ2n) is 3.39. The first-order valence-electron chi connectivity index (χ1n) is 5.44. The molecule has 0 spiro atoms. The van der Waals surface area contributed by atoms with Crippen LogP contribution in [0.5, 0.6) is 0 Å². The van der Waals surface area contributed by atoms with Gasteiger partial charge in [0.15, 0.2) is 5.69 Å². The van der Waals surface area contributed by atoms with E-state index in [0.717, 1.165) is 5.01 Å². The topological polar surface area (TPSA) is 95.9 Å². The van der Waals surface area contributed by atoms with Crippen molar-refractivity contribution in [1.82, 2.24) is 20.0 Å². The van der Waals surface area contributed by atoms with Gasteiger partial charge in [0.25, 0.3) is 0 Å². The van der Waals surface area contributed by atoms with Crippen molar-refractivity contribution in [2.45, 2.75) is 20.0 Å². The number of aromatic nitrogens is 4. The molecule has 0 saturated carbocycles. The summed E-state index contributed by atoms with van der Waals surface area (Å²) in [6.45, 7) is 2.66. The van der Waals surface area contributed by atoms with Gasteiger partial charge in [-0.1, -0.05) is 5.21 Å². The predicted molar refractivity (Wildman–Crippen MR) is 65.1 cm³/mol. The van der Waals surface area contributed by atoms with E-state index in [-0.39, 0.29) is 12.2 Å². The number of carbonyl (C=O) groups excluding carboxylic acids is 1. The molecule has 2 N–H and O–H groups in total. The molecule has 0 aliphatic carbocycles. The molecule has 96 valence electrons. The molecule has 0 aliphatic rings. The van der Waals surface area contributed by atoms with Gasteiger partial charge in [-0.3, -0.25) is 0 Å². The van der Waals surface area contributed by atoms with Crippen molar-refractivity contribution in [2.75, 3.05) is 6.61 Å². The lowest BCUT2D eigenvalue weighted by Crippen LogP contribution is -2.14. The fraction of sp³-hybridized carbons (Fsp3) is 0.400. The monoisotopic (exact) mass is 267 g/mol. The minimum absolute atomic E-state index is 0.173. The van der Waals surface area contributed by atoms with Gasteiger partial charge in [-0.05, 0) is 6.92 Å². The largest absolute Gasteiger partial charge is 0.461 e. The van der Waals surface area contributed by atoms with Crippen LogP contribution >= 0.6 is 11.3 Å². The van der Waals surface area contributed by atoms with Crippen LogP contribution < -0.4 is 5.73 Å². The molecule has 2 rings (SSSR count). The Hall–Kier alpha value is -1.80. The van der Waals surface area contributed by atoms with Crippen LogP contribution in [0.4, 0.5) is 0 Å². The maximum Gasteiger partial charge on any atom is 0.360 e. The van der Waals surface area contributed by atoms with Crippen LogP contribution in [-0.2, 0) is 17.8 Å². The molecule has 7 nitrogen and oxygen atoms in total. The Bertz CT molecular complexity index is 522. The molecule has 18 heavy (non-hydrogen) atoms. The Balaban J connectivity index is 2.24. The van der Waals surface area contributed by atoms with Gasteiger partial charge >= 0.3 is 5.97 Å². The van der Waals surface area contributed by atoms with E-state index >= 15 is 0 Å². The third kappa shape index (κ3) is 2.54. The highest BCUT2D eigenvalue weighted by molar-refractivity contribution is 7.09. The first-order chi connectivity index (χ1) is 8.76. The number of hydrogen-bond donors (Lipinski definition) is 1. The van der Waals surface area contributed by atoms with Crippen molar-refractivity contribution < 1.29 is 9.53 Å². The number of nitrogens with zero attached hydrogens (tertiary/aromatic N) is 4. The summed E-state index contributed by atoms with van der Waals surface area (Å²) in [7, 11) is 0. The lowest BCUT2D eigenvalue weighted by atomic mass is 10.3. The minimum atomic E-state index is -0.497. The molecular weight excluding hydrogens is 254 g/mol. The fourth-order valence-corrected chi connectivity index (χ4v) is 2.08. The molecule has 0 aromatic carbocycles. The van der Waals surface area contributed by atoms with Gasteiger partial charge in [0.1, 0.15) is 5.01 Å². The zero-order valence-corrected chi connectivity index (χ0v) is 10.7. The molecule has 0 unspecified atom stereocenters. The van der Waals surface area contributed by atoms with Gasteiger partial charge < -0.3 is 10.5 Å². The predicted octanol–water partition coefficient (Wildman–Crippen LogP) is 0.418. The van der Waals surface area contributed by atoms with Crippen LogP contribution in [0.3, 0.4) is 0 Å². The quantitative estimate of drug-likeness (QED) is 0.789. The molecule has 0 bridgehead atoms. The molecule has 2 heterocycles. The standard InChI is InChI=1S/C10H13N5O2S/c1-2-17-10(16)9-7(5-11)15(14-13-9)6-8-12-3-4-18-8/h3-4H,2,5-6,11H2,1H3. The summed E-state index contributed by atoms with van der Waals surface area (Å²) in [5.41, 5.74) is 6.37. The third-order valence-corrected chi connectivity index (χ3v) is 3.03. The summed E-state index contributed by atoms with van der Waals surface area (Å²) in [5, 5.41) is 10.5. The zero-order chi connectivity index (χ0) is 13.0. The third-order valence-electron chi connectivity index (χ3n) is 2.27. The van der Waals surface area contributed by atoms with Crippen molar-refractivity contribution in [2.24, 2.45) is 5.73 Å². The van der Waals surface area contributed by atoms with E-state index in [4.69, 9.17) is 10.5 Å². The minimum Gasteiger partial charge on any atom is -0.461 e. The van der Waals surface area contributed by atoms with E-state index in [1.165, 1.54) is 11.3 Å². The lowest BCUT2D eigenvalue weighted by Gasteiger charge is -2.03. The number of rotatable bonds is 5. The highest BCUT2D eigenvalue weighted by atomic mass is 32.1. The summed E-state index contributed by atoms with van der Waals surface area (Å²) in [6.07, 6.45) is 1.71. The number of hydrogen-bond acceptors (Lipinski definition) is 7.